The molecule has 0 N–H and O–H groups in total. The molecule has 0 bridgehead atoms. The Morgan fingerprint density at radius 1 is 0.454 bits per heavy atom. The summed E-state index contributed by atoms with van der Waals surface area (Å²) in [6.07, 6.45) is -8.11. The van der Waals surface area contributed by atoms with E-state index in [2.05, 4.69) is 24.9 Å². The van der Waals surface area contributed by atoms with Gasteiger partial charge in [-0.05, 0) is 109 Å². The molecule has 0 saturated heterocycles. The monoisotopic (exact) mass is 1550 g/mol. The molecule has 29 heteroatoms. The van der Waals surface area contributed by atoms with Crippen LogP contribution in [0.25, 0.3) is 66.9 Å². The highest BCUT2D eigenvalue weighted by molar-refractivity contribution is 6.35. The first-order valence-corrected chi connectivity index (χ1v) is 33.9. The van der Waals surface area contributed by atoms with Gasteiger partial charge in [-0.2, -0.15) is 39.5 Å². The smallest absolute Gasteiger partial charge is 0.432 e. The first kappa shape index (κ1) is 74.5. The Balaban J connectivity index is 0.000000143. The van der Waals surface area contributed by atoms with Crippen LogP contribution in [0.5, 0.6) is 11.5 Å². The van der Waals surface area contributed by atoms with Crippen LogP contribution < -0.4 is 9.47 Å². The molecule has 7 heterocycles. The molecule has 7 aromatic heterocycles. The fourth-order valence-electron chi connectivity index (χ4n) is 12.3. The summed E-state index contributed by atoms with van der Waals surface area (Å²) in [4.78, 5) is 60.4. The number of carbonyl (C=O) groups excluding carboxylic acids is 3. The molecule has 8 aromatic carbocycles. The molecule has 0 unspecified atom stereocenters. The summed E-state index contributed by atoms with van der Waals surface area (Å²) < 4.78 is 162. The summed E-state index contributed by atoms with van der Waals surface area (Å²) >= 11 is 24.1. The van der Waals surface area contributed by atoms with E-state index in [0.717, 1.165) is 19.9 Å². The Morgan fingerprint density at radius 2 is 0.917 bits per heavy atom. The van der Waals surface area contributed by atoms with E-state index >= 15 is 0 Å². The lowest BCUT2D eigenvalue weighted by atomic mass is 10.0. The number of para-hydroxylation sites is 1. The zero-order valence-electron chi connectivity index (χ0n) is 55.9. The van der Waals surface area contributed by atoms with Gasteiger partial charge in [0.1, 0.15) is 40.6 Å². The molecule has 15 rings (SSSR count). The van der Waals surface area contributed by atoms with Crippen molar-refractivity contribution in [3.05, 3.63) is 313 Å². The van der Waals surface area contributed by atoms with Gasteiger partial charge in [-0.3, -0.25) is 14.4 Å². The summed E-state index contributed by atoms with van der Waals surface area (Å²) in [7, 11) is 1.40. The minimum atomic E-state index is -4.86. The first-order valence-electron chi connectivity index (χ1n) is 32.4. The molecule has 0 aliphatic carbocycles. The van der Waals surface area contributed by atoms with Gasteiger partial charge in [-0.25, -0.2) is 24.9 Å². The van der Waals surface area contributed by atoms with E-state index in [4.69, 9.17) is 69.1 Å². The number of aromatic nitrogens is 8. The van der Waals surface area contributed by atoms with Gasteiger partial charge in [0.25, 0.3) is 23.3 Å². The lowest BCUT2D eigenvalue weighted by Crippen LogP contribution is -2.18. The number of fused-ring (bicyclic) bond motifs is 3. The number of hydrogen-bond donors (Lipinski definition) is 0. The summed E-state index contributed by atoms with van der Waals surface area (Å²) in [6, 6.07) is 51.9. The van der Waals surface area contributed by atoms with E-state index in [0.29, 0.717) is 61.0 Å². The van der Waals surface area contributed by atoms with Crippen LogP contribution in [0.4, 0.5) is 39.5 Å². The van der Waals surface area contributed by atoms with Crippen LogP contribution in [0.1, 0.15) is 89.3 Å². The van der Waals surface area contributed by atoms with Crippen LogP contribution in [-0.2, 0) is 38.2 Å². The van der Waals surface area contributed by atoms with E-state index < -0.39 is 81.4 Å². The maximum absolute atomic E-state index is 14.6. The van der Waals surface area contributed by atoms with Crippen LogP contribution >= 0.6 is 46.4 Å². The predicted molar refractivity (Wildman–Crippen MR) is 387 cm³/mol. The summed E-state index contributed by atoms with van der Waals surface area (Å²) in [6.45, 7) is 1.57. The Kier molecular flexibility index (Phi) is 21.4. The van der Waals surface area contributed by atoms with Crippen LogP contribution in [-0.4, -0.2) is 69.7 Å². The summed E-state index contributed by atoms with van der Waals surface area (Å²) in [5.41, 5.74) is -1.11. The van der Waals surface area contributed by atoms with Gasteiger partial charge >= 0.3 is 18.5 Å². The van der Waals surface area contributed by atoms with Gasteiger partial charge in [-0.15, -0.1) is 0 Å². The predicted octanol–water partition coefficient (Wildman–Crippen LogP) is 21.6. The Labute approximate surface area is 626 Å². The maximum atomic E-state index is 14.6. The number of carbonyl (C=O) groups is 3. The third kappa shape index (κ3) is 15.7. The van der Waals surface area contributed by atoms with Crippen molar-refractivity contribution in [2.24, 2.45) is 0 Å². The standard InChI is InChI=1S/C28H20ClF3N2O3.C27H18ClF3N2O3.C24H13Cl2F3N4O2/c1-2-36-20-12-13-22-21(14-20)24(25(35)27-33-15-23(37-27)18-6-4-3-5-7-18)26(28(30,31)32)34(22)16-17-8-10-19(29)11-9-17;1-35-19-11-12-21-20(13-19)23(24(34)26-32-14-22(36-26)17-5-3-2-4-6-17)25(27(29,30)31)33(21)15-16-7-9-18(28)10-8-16;25-14-6-5-13(16(26)9-14)11-33-18-4-2-1-3-15(18)20(22(33)24(27,28)29)21(34)19-10-31-23(35-19)17-7-8-30-12-32-17/h3-15H,2,16H2,1H3;2-14H,15H2,1H3;1-10,12H,11H2. The molecular weight excluding hydrogens is 1500 g/mol. The maximum Gasteiger partial charge on any atom is 0.432 e. The molecule has 16 nitrogen and oxygen atoms in total. The highest BCUT2D eigenvalue weighted by Crippen LogP contribution is 2.45. The van der Waals surface area contributed by atoms with Crippen molar-refractivity contribution in [2.45, 2.75) is 45.1 Å². The molecule has 546 valence electrons. The van der Waals surface area contributed by atoms with Gasteiger partial charge in [0.05, 0.1) is 49.0 Å². The molecule has 0 atom stereocenters. The van der Waals surface area contributed by atoms with Gasteiger partial charge in [-0.1, -0.05) is 156 Å². The zero-order valence-corrected chi connectivity index (χ0v) is 59.0. The van der Waals surface area contributed by atoms with E-state index in [9.17, 15) is 53.9 Å². The number of rotatable bonds is 18. The number of benzene rings is 8. The van der Waals surface area contributed by atoms with Crippen molar-refractivity contribution in [2.75, 3.05) is 13.7 Å². The Hall–Kier alpha value is -11.8. The third-order valence-electron chi connectivity index (χ3n) is 17.0. The fraction of sp³-hybridized carbons (Fsp3) is 0.114. The minimum absolute atomic E-state index is 0.0130. The van der Waals surface area contributed by atoms with Gasteiger partial charge in [0.2, 0.25) is 11.7 Å². The third-order valence-corrected chi connectivity index (χ3v) is 18.1. The van der Waals surface area contributed by atoms with Crippen molar-refractivity contribution >= 4 is 96.5 Å². The van der Waals surface area contributed by atoms with E-state index in [1.807, 2.05) is 12.1 Å². The lowest BCUT2D eigenvalue weighted by molar-refractivity contribution is -0.144. The van der Waals surface area contributed by atoms with Crippen molar-refractivity contribution in [1.29, 1.82) is 0 Å². The molecule has 0 aliphatic heterocycles. The van der Waals surface area contributed by atoms with Gasteiger partial charge in [0, 0.05) is 89.8 Å². The highest BCUT2D eigenvalue weighted by atomic mass is 35.5. The molecule has 0 radical (unpaired) electrons. The van der Waals surface area contributed by atoms with Crippen molar-refractivity contribution in [3.8, 4) is 45.7 Å². The molecule has 0 amide bonds. The molecule has 0 aliphatic rings. The molecule has 108 heavy (non-hydrogen) atoms. The van der Waals surface area contributed by atoms with E-state index in [-0.39, 0.29) is 86.2 Å². The largest absolute Gasteiger partial charge is 0.497 e. The first-order chi connectivity index (χ1) is 51.8. The molecular formula is C79H51Cl4F9N8O8. The number of ether oxygens (including phenoxy) is 2. The van der Waals surface area contributed by atoms with Crippen LogP contribution in [0.15, 0.2) is 238 Å². The topological polar surface area (TPSA) is 188 Å². The summed E-state index contributed by atoms with van der Waals surface area (Å²) in [5.74, 6) is -2.93. The second-order valence-electron chi connectivity index (χ2n) is 23.8. The zero-order chi connectivity index (χ0) is 76.3. The summed E-state index contributed by atoms with van der Waals surface area (Å²) in [5, 5.41) is 1.79. The number of alkyl halides is 9. The van der Waals surface area contributed by atoms with Crippen molar-refractivity contribution in [1.82, 2.24) is 38.6 Å². The number of methoxy groups -OCH3 is 1. The molecule has 0 spiro atoms. The van der Waals surface area contributed by atoms with Crippen molar-refractivity contribution < 1.29 is 76.6 Å². The minimum Gasteiger partial charge on any atom is -0.497 e. The second-order valence-corrected chi connectivity index (χ2v) is 25.5. The molecule has 0 fully saturated rings. The Bertz CT molecular complexity index is 5820. The lowest BCUT2D eigenvalue weighted by Gasteiger charge is -2.15. The van der Waals surface area contributed by atoms with E-state index in [1.165, 1.54) is 86.6 Å². The van der Waals surface area contributed by atoms with Crippen LogP contribution in [0.3, 0.4) is 0 Å². The van der Waals surface area contributed by atoms with Crippen LogP contribution in [0.2, 0.25) is 20.1 Å². The van der Waals surface area contributed by atoms with Gasteiger partial charge in [0.15, 0.2) is 17.3 Å². The molecule has 15 aromatic rings. The molecule has 0 saturated carbocycles. The second kappa shape index (κ2) is 31.0. The number of ketones is 3. The van der Waals surface area contributed by atoms with Gasteiger partial charge < -0.3 is 36.4 Å². The Morgan fingerprint density at radius 3 is 1.40 bits per heavy atom. The average molecular weight is 1550 g/mol. The van der Waals surface area contributed by atoms with Crippen LogP contribution in [0, 0.1) is 0 Å². The number of nitrogens with zero attached hydrogens (tertiary/aromatic N) is 8. The quantitative estimate of drug-likeness (QED) is 0.0583. The number of halogens is 13. The SMILES string of the molecule is CCOc1ccc2c(c1)c(C(=O)c1ncc(-c3ccccc3)o1)c(C(F)(F)F)n2Cc1ccc(Cl)cc1.COc1ccc2c(c1)c(C(=O)c1ncc(-c3ccccc3)o1)c(C(F)(F)F)n2Cc1ccc(Cl)cc1.O=C(c1cnc(-c2ccncn2)o1)c1c(C(F)(F)F)n(Cc2ccc(Cl)cc2Cl)c2ccccc12. The van der Waals surface area contributed by atoms with Crippen molar-refractivity contribution in [3.63, 3.8) is 0 Å². The highest BCUT2D eigenvalue weighted by Gasteiger charge is 2.46. The average Bonchev–Trinajstić information content (AvgIpc) is 1.60. The normalized spacial score (nSPS) is 11.7. The fourth-order valence-corrected chi connectivity index (χ4v) is 13.0. The number of hydrogen-bond acceptors (Lipinski definition) is 13. The van der Waals surface area contributed by atoms with E-state index in [1.54, 1.807) is 134 Å². The number of oxazole rings is 3.